The zero-order chi connectivity index (χ0) is 20.5. The van der Waals surface area contributed by atoms with Crippen molar-refractivity contribution in [2.24, 2.45) is 0 Å². The van der Waals surface area contributed by atoms with E-state index in [0.29, 0.717) is 49.2 Å². The average Bonchev–Trinajstić information content (AvgIpc) is 3.20. The summed E-state index contributed by atoms with van der Waals surface area (Å²) in [5.41, 5.74) is 1.02. The molecule has 2 aliphatic rings. The third-order valence-electron chi connectivity index (χ3n) is 5.28. The number of fused-ring (bicyclic) bond motifs is 1. The Kier molecular flexibility index (Phi) is 6.44. The largest absolute Gasteiger partial charge is 0.378 e. The van der Waals surface area contributed by atoms with Gasteiger partial charge in [-0.1, -0.05) is 12.1 Å². The van der Waals surface area contributed by atoms with Crippen molar-refractivity contribution in [3.63, 3.8) is 0 Å². The number of alkyl halides is 2. The monoisotopic (exact) mass is 452 g/mol. The van der Waals surface area contributed by atoms with Crippen molar-refractivity contribution in [1.82, 2.24) is 29.8 Å². The molecule has 0 aliphatic carbocycles. The fourth-order valence-corrected chi connectivity index (χ4v) is 3.76. The van der Waals surface area contributed by atoms with Crippen molar-refractivity contribution in [2.75, 3.05) is 62.3 Å². The van der Waals surface area contributed by atoms with Crippen molar-refractivity contribution in [1.29, 1.82) is 0 Å². The summed E-state index contributed by atoms with van der Waals surface area (Å²) >= 11 is 0. The second kappa shape index (κ2) is 9.25. The van der Waals surface area contributed by atoms with Gasteiger partial charge in [-0.25, -0.2) is 13.8 Å². The molecule has 0 radical (unpaired) electrons. The van der Waals surface area contributed by atoms with E-state index in [-0.39, 0.29) is 24.2 Å². The number of ether oxygens (including phenoxy) is 1. The van der Waals surface area contributed by atoms with Crippen LogP contribution < -0.4 is 15.1 Å². The molecule has 166 valence electrons. The number of para-hydroxylation sites is 2. The van der Waals surface area contributed by atoms with E-state index < -0.39 is 6.43 Å². The van der Waals surface area contributed by atoms with Gasteiger partial charge < -0.3 is 19.9 Å². The highest BCUT2D eigenvalue weighted by atomic mass is 35.5. The van der Waals surface area contributed by atoms with E-state index in [9.17, 15) is 8.78 Å². The minimum absolute atomic E-state index is 0. The quantitative estimate of drug-likeness (QED) is 0.641. The molecular weight excluding hydrogens is 430 g/mol. The molecule has 0 amide bonds. The Morgan fingerprint density at radius 3 is 2.13 bits per heavy atom. The van der Waals surface area contributed by atoms with Crippen LogP contribution in [0, 0.1) is 0 Å². The number of aromatic nitrogens is 5. The van der Waals surface area contributed by atoms with Crippen molar-refractivity contribution >= 4 is 35.3 Å². The topological polar surface area (TPSA) is 84.2 Å². The van der Waals surface area contributed by atoms with Crippen LogP contribution in [0.5, 0.6) is 0 Å². The van der Waals surface area contributed by atoms with E-state index in [4.69, 9.17) is 4.74 Å². The lowest BCUT2D eigenvalue weighted by atomic mass is 10.3. The average molecular weight is 453 g/mol. The Labute approximate surface area is 183 Å². The molecule has 2 aliphatic heterocycles. The molecule has 0 bridgehead atoms. The molecule has 0 spiro atoms. The van der Waals surface area contributed by atoms with Gasteiger partial charge in [-0.2, -0.15) is 15.0 Å². The number of benzene rings is 1. The van der Waals surface area contributed by atoms with Gasteiger partial charge >= 0.3 is 0 Å². The molecular formula is C19H23ClF2N8O. The first-order valence-electron chi connectivity index (χ1n) is 10.0. The first-order chi connectivity index (χ1) is 14.7. The molecule has 31 heavy (non-hydrogen) atoms. The maximum absolute atomic E-state index is 13.9. The minimum atomic E-state index is -2.76. The lowest BCUT2D eigenvalue weighted by Gasteiger charge is -2.30. The number of morpholine rings is 1. The molecule has 5 rings (SSSR count). The second-order valence-corrected chi connectivity index (χ2v) is 7.17. The van der Waals surface area contributed by atoms with Crippen molar-refractivity contribution in [3.8, 4) is 5.95 Å². The lowest BCUT2D eigenvalue weighted by molar-refractivity contribution is 0.122. The number of hydrogen-bond acceptors (Lipinski definition) is 8. The molecule has 3 aromatic rings. The Morgan fingerprint density at radius 1 is 0.839 bits per heavy atom. The van der Waals surface area contributed by atoms with E-state index in [0.717, 1.165) is 26.2 Å². The van der Waals surface area contributed by atoms with Gasteiger partial charge in [0.05, 0.1) is 24.2 Å². The standard InChI is InChI=1S/C19H22F2N8O.ClH/c20-15(21)16-23-13-3-1-2-4-14(13)29(16)19-25-17(27-7-5-22-6-8-27)24-18(26-19)28-9-11-30-12-10-28;/h1-4,15,22H,5-12H2;1H. The van der Waals surface area contributed by atoms with Crippen LogP contribution in [-0.4, -0.2) is 77.0 Å². The van der Waals surface area contributed by atoms with Crippen LogP contribution in [0.2, 0.25) is 0 Å². The fraction of sp³-hybridized carbons (Fsp3) is 0.474. The summed E-state index contributed by atoms with van der Waals surface area (Å²) < 4.78 is 34.5. The Bertz CT molecular complexity index is 1000. The summed E-state index contributed by atoms with van der Waals surface area (Å²) in [6, 6.07) is 7.01. The first kappa shape index (κ1) is 21.6. The lowest BCUT2D eigenvalue weighted by Crippen LogP contribution is -2.45. The Balaban J connectivity index is 0.00000231. The molecule has 1 N–H and O–H groups in total. The van der Waals surface area contributed by atoms with E-state index in [1.54, 1.807) is 24.3 Å². The molecule has 0 unspecified atom stereocenters. The van der Waals surface area contributed by atoms with Crippen LogP contribution in [0.25, 0.3) is 17.0 Å². The summed E-state index contributed by atoms with van der Waals surface area (Å²) in [5, 5.41) is 3.30. The molecule has 0 saturated carbocycles. The van der Waals surface area contributed by atoms with Crippen LogP contribution in [-0.2, 0) is 4.74 Å². The third-order valence-corrected chi connectivity index (χ3v) is 5.28. The van der Waals surface area contributed by atoms with E-state index in [2.05, 4.69) is 25.3 Å². The van der Waals surface area contributed by atoms with Crippen LogP contribution in [0.3, 0.4) is 0 Å². The predicted molar refractivity (Wildman–Crippen MR) is 115 cm³/mol. The Hall–Kier alpha value is -2.63. The number of imidazole rings is 1. The molecule has 2 saturated heterocycles. The van der Waals surface area contributed by atoms with Gasteiger partial charge in [-0.15, -0.1) is 12.4 Å². The van der Waals surface area contributed by atoms with Gasteiger partial charge in [-0.3, -0.25) is 4.57 Å². The van der Waals surface area contributed by atoms with Crippen LogP contribution >= 0.6 is 12.4 Å². The molecule has 4 heterocycles. The van der Waals surface area contributed by atoms with Crippen molar-refractivity contribution in [3.05, 3.63) is 30.1 Å². The molecule has 2 fully saturated rings. The highest BCUT2D eigenvalue weighted by Gasteiger charge is 2.25. The van der Waals surface area contributed by atoms with Gasteiger partial charge in [0, 0.05) is 39.3 Å². The summed E-state index contributed by atoms with van der Waals surface area (Å²) in [7, 11) is 0. The number of hydrogen-bond donors (Lipinski definition) is 1. The molecule has 12 heteroatoms. The zero-order valence-corrected chi connectivity index (χ0v) is 17.6. The highest BCUT2D eigenvalue weighted by molar-refractivity contribution is 5.85. The number of rotatable bonds is 4. The highest BCUT2D eigenvalue weighted by Crippen LogP contribution is 2.28. The van der Waals surface area contributed by atoms with Gasteiger partial charge in [0.25, 0.3) is 6.43 Å². The third kappa shape index (κ3) is 4.25. The molecule has 0 atom stereocenters. The fourth-order valence-electron chi connectivity index (χ4n) is 3.76. The number of halogens is 3. The molecule has 1 aromatic carbocycles. The van der Waals surface area contributed by atoms with E-state index >= 15 is 0 Å². The normalized spacial score (nSPS) is 17.3. The van der Waals surface area contributed by atoms with Gasteiger partial charge in [0.2, 0.25) is 17.8 Å². The molecule has 2 aromatic heterocycles. The van der Waals surface area contributed by atoms with Crippen LogP contribution in [0.4, 0.5) is 20.7 Å². The predicted octanol–water partition coefficient (Wildman–Crippen LogP) is 1.82. The summed E-state index contributed by atoms with van der Waals surface area (Å²) in [5.74, 6) is 0.737. The van der Waals surface area contributed by atoms with Gasteiger partial charge in [-0.05, 0) is 12.1 Å². The first-order valence-corrected chi connectivity index (χ1v) is 10.0. The van der Waals surface area contributed by atoms with Gasteiger partial charge in [0.1, 0.15) is 0 Å². The zero-order valence-electron chi connectivity index (χ0n) is 16.7. The maximum atomic E-state index is 13.9. The van der Waals surface area contributed by atoms with Crippen molar-refractivity contribution < 1.29 is 13.5 Å². The van der Waals surface area contributed by atoms with Crippen LogP contribution in [0.15, 0.2) is 24.3 Å². The summed E-state index contributed by atoms with van der Waals surface area (Å²) in [4.78, 5) is 22.0. The number of anilines is 2. The number of piperazine rings is 1. The minimum Gasteiger partial charge on any atom is -0.378 e. The number of nitrogens with zero attached hydrogens (tertiary/aromatic N) is 7. The van der Waals surface area contributed by atoms with Gasteiger partial charge in [0.15, 0.2) is 5.82 Å². The molecule has 9 nitrogen and oxygen atoms in total. The summed E-state index contributed by atoms with van der Waals surface area (Å²) in [6.45, 7) is 5.50. The Morgan fingerprint density at radius 2 is 1.45 bits per heavy atom. The maximum Gasteiger partial charge on any atom is 0.296 e. The summed E-state index contributed by atoms with van der Waals surface area (Å²) in [6.07, 6.45) is -2.76. The smallest absolute Gasteiger partial charge is 0.296 e. The van der Waals surface area contributed by atoms with Crippen molar-refractivity contribution in [2.45, 2.75) is 6.43 Å². The van der Waals surface area contributed by atoms with Crippen LogP contribution in [0.1, 0.15) is 12.2 Å². The number of nitrogens with one attached hydrogen (secondary N) is 1. The second-order valence-electron chi connectivity index (χ2n) is 7.17. The van der Waals surface area contributed by atoms with E-state index in [1.807, 2.05) is 9.80 Å². The SMILES string of the molecule is Cl.FC(F)c1nc2ccccc2n1-c1nc(N2CCNCC2)nc(N2CCOCC2)n1. The van der Waals surface area contributed by atoms with E-state index in [1.165, 1.54) is 4.57 Å².